The molecular weight excluding hydrogens is 410 g/mol. The second kappa shape index (κ2) is 7.13. The van der Waals surface area contributed by atoms with E-state index in [0.29, 0.717) is 18.1 Å². The van der Waals surface area contributed by atoms with E-state index < -0.39 is 12.0 Å². The van der Waals surface area contributed by atoms with Gasteiger partial charge in [-0.2, -0.15) is 0 Å². The lowest BCUT2D eigenvalue weighted by Crippen LogP contribution is -2.33. The van der Waals surface area contributed by atoms with E-state index in [1.54, 1.807) is 6.20 Å². The average Bonchev–Trinajstić information content (AvgIpc) is 3.44. The molecule has 9 heteroatoms. The zero-order valence-electron chi connectivity index (χ0n) is 17.7. The molecular formula is C23H23N5O4. The first-order valence-electron chi connectivity index (χ1n) is 10.5. The van der Waals surface area contributed by atoms with Crippen molar-refractivity contribution in [3.05, 3.63) is 55.2 Å². The summed E-state index contributed by atoms with van der Waals surface area (Å²) in [6, 6.07) is 9.74. The number of anilines is 1. The third-order valence-corrected chi connectivity index (χ3v) is 5.98. The maximum atomic E-state index is 6.42. The first kappa shape index (κ1) is 19.4. The van der Waals surface area contributed by atoms with Gasteiger partial charge in [0.2, 0.25) is 0 Å². The van der Waals surface area contributed by atoms with E-state index in [9.17, 15) is 0 Å². The van der Waals surface area contributed by atoms with Crippen molar-refractivity contribution < 1.29 is 18.9 Å². The fraction of sp³-hybridized carbons (Fsp3) is 0.348. The standard InChI is InChI=1S/C23H23N5O4/c1-23(2)31-18-17(11-29-16-5-3-4-13-10-25-8-6-14(13)16)30-22(19(18)32-23)28-9-7-15-20(24)26-12-27-21(15)28/h3-10,12,17-19,22H,11H2,1-2H3,(H2,24,26,27)/t17-,18-,19-,22-/m1/s1. The van der Waals surface area contributed by atoms with Gasteiger partial charge in [-0.05, 0) is 32.0 Å². The van der Waals surface area contributed by atoms with E-state index in [2.05, 4.69) is 15.0 Å². The quantitative estimate of drug-likeness (QED) is 0.523. The first-order valence-corrected chi connectivity index (χ1v) is 10.5. The number of benzene rings is 1. The summed E-state index contributed by atoms with van der Waals surface area (Å²) in [6.45, 7) is 4.13. The van der Waals surface area contributed by atoms with Crippen molar-refractivity contribution in [3.8, 4) is 5.75 Å². The Bertz CT molecular complexity index is 1300. The van der Waals surface area contributed by atoms with Crippen molar-refractivity contribution in [3.63, 3.8) is 0 Å². The highest BCUT2D eigenvalue weighted by molar-refractivity contribution is 5.87. The molecule has 0 saturated carbocycles. The maximum Gasteiger partial charge on any atom is 0.164 e. The number of ether oxygens (including phenoxy) is 4. The van der Waals surface area contributed by atoms with Crippen molar-refractivity contribution in [2.24, 2.45) is 0 Å². The molecule has 2 N–H and O–H groups in total. The number of fused-ring (bicyclic) bond motifs is 3. The highest BCUT2D eigenvalue weighted by Gasteiger charge is 2.56. The molecule has 4 aromatic rings. The fourth-order valence-corrected chi connectivity index (χ4v) is 4.60. The minimum atomic E-state index is -0.725. The van der Waals surface area contributed by atoms with Gasteiger partial charge < -0.3 is 29.2 Å². The van der Waals surface area contributed by atoms with Gasteiger partial charge in [-0.1, -0.05) is 12.1 Å². The average molecular weight is 433 g/mol. The molecule has 164 valence electrons. The maximum absolute atomic E-state index is 6.42. The number of nitrogen functional groups attached to an aromatic ring is 1. The molecule has 2 saturated heterocycles. The molecule has 2 aliphatic heterocycles. The van der Waals surface area contributed by atoms with Crippen LogP contribution in [0.5, 0.6) is 5.75 Å². The second-order valence-electron chi connectivity index (χ2n) is 8.51. The van der Waals surface area contributed by atoms with Crippen LogP contribution in [0.4, 0.5) is 5.82 Å². The number of hydrogen-bond donors (Lipinski definition) is 1. The lowest BCUT2D eigenvalue weighted by atomic mass is 10.1. The van der Waals surface area contributed by atoms with Crippen LogP contribution in [-0.2, 0) is 14.2 Å². The first-order chi connectivity index (χ1) is 15.5. The van der Waals surface area contributed by atoms with Gasteiger partial charge >= 0.3 is 0 Å². The van der Waals surface area contributed by atoms with E-state index in [1.165, 1.54) is 6.33 Å². The summed E-state index contributed by atoms with van der Waals surface area (Å²) in [7, 11) is 0. The van der Waals surface area contributed by atoms with Crippen LogP contribution in [0.25, 0.3) is 21.8 Å². The number of nitrogens with zero attached hydrogens (tertiary/aromatic N) is 4. The van der Waals surface area contributed by atoms with E-state index in [-0.39, 0.29) is 18.3 Å². The molecule has 0 amide bonds. The second-order valence-corrected chi connectivity index (χ2v) is 8.51. The molecule has 0 aliphatic carbocycles. The van der Waals surface area contributed by atoms with Crippen LogP contribution < -0.4 is 10.5 Å². The lowest BCUT2D eigenvalue weighted by molar-refractivity contribution is -0.198. The minimum absolute atomic E-state index is 0.289. The predicted octanol–water partition coefficient (Wildman–Crippen LogP) is 3.06. The summed E-state index contributed by atoms with van der Waals surface area (Å²) in [4.78, 5) is 12.7. The Labute approximate surface area is 184 Å². The highest BCUT2D eigenvalue weighted by Crippen LogP contribution is 2.44. The topological polar surface area (TPSA) is 107 Å². The van der Waals surface area contributed by atoms with Crippen molar-refractivity contribution in [2.45, 2.75) is 44.2 Å². The Morgan fingerprint density at radius 1 is 1.09 bits per heavy atom. The molecule has 0 radical (unpaired) electrons. The third-order valence-electron chi connectivity index (χ3n) is 5.98. The third kappa shape index (κ3) is 3.09. The van der Waals surface area contributed by atoms with Crippen LogP contribution in [-0.4, -0.2) is 50.2 Å². The number of nitrogens with two attached hydrogens (primary N) is 1. The zero-order valence-corrected chi connectivity index (χ0v) is 17.7. The van der Waals surface area contributed by atoms with Gasteiger partial charge in [-0.25, -0.2) is 9.97 Å². The number of aromatic nitrogens is 4. The van der Waals surface area contributed by atoms with Gasteiger partial charge in [-0.3, -0.25) is 4.98 Å². The van der Waals surface area contributed by atoms with Crippen molar-refractivity contribution >= 4 is 27.6 Å². The van der Waals surface area contributed by atoms with Crippen LogP contribution in [0.15, 0.2) is 55.2 Å². The SMILES string of the molecule is CC1(C)O[C@@H]2[C@H](O1)[C@@H](COc1cccc3cnccc13)O[C@H]2n1ccc2c(N)ncnc21. The summed E-state index contributed by atoms with van der Waals surface area (Å²) in [6.07, 6.45) is 5.56. The smallest absolute Gasteiger partial charge is 0.164 e. The van der Waals surface area contributed by atoms with E-state index in [1.807, 2.05) is 61.1 Å². The van der Waals surface area contributed by atoms with E-state index >= 15 is 0 Å². The monoisotopic (exact) mass is 433 g/mol. The highest BCUT2D eigenvalue weighted by atomic mass is 16.8. The molecule has 32 heavy (non-hydrogen) atoms. The molecule has 5 heterocycles. The number of pyridine rings is 1. The summed E-state index contributed by atoms with van der Waals surface area (Å²) in [5, 5.41) is 2.79. The van der Waals surface area contributed by atoms with Gasteiger partial charge in [0.05, 0.1) is 5.39 Å². The van der Waals surface area contributed by atoms with Crippen LogP contribution in [0.1, 0.15) is 20.1 Å². The van der Waals surface area contributed by atoms with Crippen molar-refractivity contribution in [1.82, 2.24) is 19.5 Å². The Kier molecular flexibility index (Phi) is 4.32. The molecule has 9 nitrogen and oxygen atoms in total. The molecule has 4 atom stereocenters. The molecule has 1 aromatic carbocycles. The Morgan fingerprint density at radius 2 is 1.97 bits per heavy atom. The number of hydrogen-bond acceptors (Lipinski definition) is 8. The van der Waals surface area contributed by atoms with E-state index in [4.69, 9.17) is 24.7 Å². The van der Waals surface area contributed by atoms with E-state index in [0.717, 1.165) is 21.9 Å². The van der Waals surface area contributed by atoms with Crippen molar-refractivity contribution in [1.29, 1.82) is 0 Å². The Morgan fingerprint density at radius 3 is 2.88 bits per heavy atom. The van der Waals surface area contributed by atoms with Crippen LogP contribution in [0, 0.1) is 0 Å². The molecule has 3 aromatic heterocycles. The van der Waals surface area contributed by atoms with Gasteiger partial charge in [0, 0.05) is 29.4 Å². The summed E-state index contributed by atoms with van der Waals surface area (Å²) in [5.41, 5.74) is 6.71. The van der Waals surface area contributed by atoms with Crippen LogP contribution in [0.2, 0.25) is 0 Å². The number of rotatable bonds is 4. The Hall–Kier alpha value is -3.27. The van der Waals surface area contributed by atoms with Crippen LogP contribution in [0.3, 0.4) is 0 Å². The summed E-state index contributed by atoms with van der Waals surface area (Å²) < 4.78 is 27.0. The lowest BCUT2D eigenvalue weighted by Gasteiger charge is -2.25. The van der Waals surface area contributed by atoms with Crippen molar-refractivity contribution in [2.75, 3.05) is 12.3 Å². The molecule has 2 aliphatic rings. The fourth-order valence-electron chi connectivity index (χ4n) is 4.60. The molecule has 0 bridgehead atoms. The van der Waals surface area contributed by atoms with Gasteiger partial charge in [0.1, 0.15) is 48.5 Å². The summed E-state index contributed by atoms with van der Waals surface area (Å²) >= 11 is 0. The molecule has 0 spiro atoms. The van der Waals surface area contributed by atoms with Crippen LogP contribution >= 0.6 is 0 Å². The predicted molar refractivity (Wildman–Crippen MR) is 117 cm³/mol. The van der Waals surface area contributed by atoms with Gasteiger partial charge in [0.25, 0.3) is 0 Å². The summed E-state index contributed by atoms with van der Waals surface area (Å²) in [5.74, 6) is 0.480. The normalized spacial score (nSPS) is 26.6. The minimum Gasteiger partial charge on any atom is -0.490 e. The molecule has 2 fully saturated rings. The molecule has 6 rings (SSSR count). The van der Waals surface area contributed by atoms with Gasteiger partial charge in [-0.15, -0.1) is 0 Å². The largest absolute Gasteiger partial charge is 0.490 e. The molecule has 0 unspecified atom stereocenters. The van der Waals surface area contributed by atoms with Gasteiger partial charge in [0.15, 0.2) is 12.0 Å². The Balaban J connectivity index is 1.31. The zero-order chi connectivity index (χ0) is 21.9.